The lowest BCUT2D eigenvalue weighted by Crippen LogP contribution is -2.25. The molecule has 0 aromatic heterocycles. The first-order chi connectivity index (χ1) is 7.84. The van der Waals surface area contributed by atoms with E-state index in [4.69, 9.17) is 0 Å². The molecule has 1 N–H and O–H groups in total. The first-order valence-electron chi connectivity index (χ1n) is 5.87. The van der Waals surface area contributed by atoms with E-state index in [2.05, 4.69) is 57.3 Å². The van der Waals surface area contributed by atoms with Gasteiger partial charge in [-0.3, -0.25) is 0 Å². The zero-order valence-electron chi connectivity index (χ0n) is 9.42. The minimum atomic E-state index is 0.900. The number of halogens is 1. The van der Waals surface area contributed by atoms with Gasteiger partial charge in [0.05, 0.1) is 0 Å². The highest BCUT2D eigenvalue weighted by atomic mass is 79.9. The fourth-order valence-corrected chi connectivity index (χ4v) is 3.44. The minimum absolute atomic E-state index is 0.900. The molecule has 0 atom stereocenters. The zero-order chi connectivity index (χ0) is 11.2. The van der Waals surface area contributed by atoms with Crippen LogP contribution in [0.3, 0.4) is 0 Å². The molecule has 0 amide bonds. The Morgan fingerprint density at radius 2 is 1.88 bits per heavy atom. The summed E-state index contributed by atoms with van der Waals surface area (Å²) in [5.74, 6) is 3.60. The predicted molar refractivity (Wildman–Crippen MR) is 75.9 cm³/mol. The molecule has 0 saturated carbocycles. The molecular formula is C13H18BrNS. The first-order valence-corrected chi connectivity index (χ1v) is 7.82. The summed E-state index contributed by atoms with van der Waals surface area (Å²) in [7, 11) is 0. The summed E-state index contributed by atoms with van der Waals surface area (Å²) in [6.07, 6.45) is 2.77. The van der Waals surface area contributed by atoms with E-state index in [0.717, 1.165) is 16.9 Å². The highest BCUT2D eigenvalue weighted by Gasteiger charge is 2.12. The normalized spacial score (nSPS) is 17.6. The number of hydrogen-bond donors (Lipinski definition) is 1. The van der Waals surface area contributed by atoms with Gasteiger partial charge in [-0.1, -0.05) is 28.1 Å². The summed E-state index contributed by atoms with van der Waals surface area (Å²) < 4.78 is 1.15. The first kappa shape index (κ1) is 12.5. The molecule has 16 heavy (non-hydrogen) atoms. The van der Waals surface area contributed by atoms with E-state index in [1.54, 1.807) is 0 Å². The van der Waals surface area contributed by atoms with Crippen molar-refractivity contribution in [3.05, 3.63) is 34.3 Å². The van der Waals surface area contributed by atoms with Gasteiger partial charge in [0.25, 0.3) is 0 Å². The molecule has 3 heteroatoms. The van der Waals surface area contributed by atoms with Crippen LogP contribution in [0.4, 0.5) is 0 Å². The molecule has 1 fully saturated rings. The predicted octanol–water partition coefficient (Wildman–Crippen LogP) is 3.68. The van der Waals surface area contributed by atoms with Crippen LogP contribution >= 0.6 is 27.7 Å². The average molecular weight is 300 g/mol. The van der Waals surface area contributed by atoms with Crippen molar-refractivity contribution in [2.75, 3.05) is 18.1 Å². The molecular weight excluding hydrogens is 282 g/mol. The van der Waals surface area contributed by atoms with Gasteiger partial charge in [0.2, 0.25) is 0 Å². The van der Waals surface area contributed by atoms with E-state index in [0.29, 0.717) is 0 Å². The number of benzene rings is 1. The van der Waals surface area contributed by atoms with Crippen LogP contribution < -0.4 is 5.32 Å². The third-order valence-electron chi connectivity index (χ3n) is 3.02. The molecule has 1 aliphatic rings. The molecule has 1 heterocycles. The van der Waals surface area contributed by atoms with Gasteiger partial charge in [-0.15, -0.1) is 0 Å². The molecule has 1 aliphatic heterocycles. The van der Waals surface area contributed by atoms with Crippen molar-refractivity contribution < 1.29 is 0 Å². The standard InChI is InChI=1S/C13H18BrNS/c14-13-3-1-11(2-4-13)9-15-10-12-5-7-16-8-6-12/h1-4,12,15H,5-10H2. The van der Waals surface area contributed by atoms with E-state index in [9.17, 15) is 0 Å². The van der Waals surface area contributed by atoms with E-state index in [1.165, 1.54) is 36.5 Å². The molecule has 0 unspecified atom stereocenters. The molecule has 88 valence electrons. The maximum atomic E-state index is 3.57. The molecule has 0 spiro atoms. The number of nitrogens with one attached hydrogen (secondary N) is 1. The molecule has 1 nitrogen and oxygen atoms in total. The maximum absolute atomic E-state index is 3.57. The monoisotopic (exact) mass is 299 g/mol. The Morgan fingerprint density at radius 3 is 2.56 bits per heavy atom. The van der Waals surface area contributed by atoms with E-state index < -0.39 is 0 Å². The lowest BCUT2D eigenvalue weighted by molar-refractivity contribution is 0.447. The van der Waals surface area contributed by atoms with E-state index in [-0.39, 0.29) is 0 Å². The smallest absolute Gasteiger partial charge is 0.0205 e. The fraction of sp³-hybridized carbons (Fsp3) is 0.538. The minimum Gasteiger partial charge on any atom is -0.312 e. The second-order valence-corrected chi connectivity index (χ2v) is 6.45. The lowest BCUT2D eigenvalue weighted by atomic mass is 10.0. The number of thioether (sulfide) groups is 1. The summed E-state index contributed by atoms with van der Waals surface area (Å²) in [4.78, 5) is 0. The van der Waals surface area contributed by atoms with Gasteiger partial charge >= 0.3 is 0 Å². The van der Waals surface area contributed by atoms with Gasteiger partial charge in [-0.25, -0.2) is 0 Å². The highest BCUT2D eigenvalue weighted by molar-refractivity contribution is 9.10. The fourth-order valence-electron chi connectivity index (χ4n) is 1.97. The Bertz CT molecular complexity index is 306. The summed E-state index contributed by atoms with van der Waals surface area (Å²) >= 11 is 5.55. The van der Waals surface area contributed by atoms with Crippen molar-refractivity contribution in [2.45, 2.75) is 19.4 Å². The van der Waals surface area contributed by atoms with Crippen molar-refractivity contribution in [1.82, 2.24) is 5.32 Å². The summed E-state index contributed by atoms with van der Waals surface area (Å²) in [6.45, 7) is 2.17. The van der Waals surface area contributed by atoms with Gasteiger partial charge in [0.1, 0.15) is 0 Å². The van der Waals surface area contributed by atoms with Crippen LogP contribution in [0.25, 0.3) is 0 Å². The lowest BCUT2D eigenvalue weighted by Gasteiger charge is -2.21. The van der Waals surface area contributed by atoms with Gasteiger partial charge < -0.3 is 5.32 Å². The SMILES string of the molecule is Brc1ccc(CNCC2CCSCC2)cc1. The Balaban J connectivity index is 1.69. The van der Waals surface area contributed by atoms with Crippen molar-refractivity contribution >= 4 is 27.7 Å². The quantitative estimate of drug-likeness (QED) is 0.910. The molecule has 0 radical (unpaired) electrons. The van der Waals surface area contributed by atoms with Crippen LogP contribution in [0, 0.1) is 5.92 Å². The van der Waals surface area contributed by atoms with Crippen molar-refractivity contribution in [3.8, 4) is 0 Å². The summed E-state index contributed by atoms with van der Waals surface area (Å²) in [6, 6.07) is 8.56. The molecule has 1 aromatic carbocycles. The third kappa shape index (κ3) is 4.11. The zero-order valence-corrected chi connectivity index (χ0v) is 11.8. The second kappa shape index (κ2) is 6.67. The van der Waals surface area contributed by atoms with Crippen LogP contribution in [0.5, 0.6) is 0 Å². The molecule has 1 aromatic rings. The maximum Gasteiger partial charge on any atom is 0.0205 e. The van der Waals surface area contributed by atoms with Crippen LogP contribution in [0.1, 0.15) is 18.4 Å². The Labute approximate surface area is 111 Å². The van der Waals surface area contributed by atoms with Crippen LogP contribution in [0.15, 0.2) is 28.7 Å². The van der Waals surface area contributed by atoms with E-state index >= 15 is 0 Å². The van der Waals surface area contributed by atoms with Gasteiger partial charge in [0.15, 0.2) is 0 Å². The summed E-state index contributed by atoms with van der Waals surface area (Å²) in [5.41, 5.74) is 1.37. The molecule has 0 bridgehead atoms. The third-order valence-corrected chi connectivity index (χ3v) is 4.59. The van der Waals surface area contributed by atoms with Gasteiger partial charge in [-0.2, -0.15) is 11.8 Å². The van der Waals surface area contributed by atoms with Gasteiger partial charge in [-0.05, 0) is 54.5 Å². The number of rotatable bonds is 4. The average Bonchev–Trinajstić information content (AvgIpc) is 2.33. The van der Waals surface area contributed by atoms with Gasteiger partial charge in [0, 0.05) is 11.0 Å². The molecule has 1 saturated heterocycles. The van der Waals surface area contributed by atoms with Crippen LogP contribution in [0.2, 0.25) is 0 Å². The van der Waals surface area contributed by atoms with Crippen LogP contribution in [-0.2, 0) is 6.54 Å². The summed E-state index contributed by atoms with van der Waals surface area (Å²) in [5, 5.41) is 3.57. The largest absolute Gasteiger partial charge is 0.312 e. The highest BCUT2D eigenvalue weighted by Crippen LogP contribution is 2.21. The van der Waals surface area contributed by atoms with E-state index in [1.807, 2.05) is 0 Å². The molecule has 2 rings (SSSR count). The van der Waals surface area contributed by atoms with Crippen molar-refractivity contribution in [3.63, 3.8) is 0 Å². The second-order valence-electron chi connectivity index (χ2n) is 4.31. The van der Waals surface area contributed by atoms with Crippen molar-refractivity contribution in [2.24, 2.45) is 5.92 Å². The Morgan fingerprint density at radius 1 is 1.19 bits per heavy atom. The molecule has 0 aliphatic carbocycles. The topological polar surface area (TPSA) is 12.0 Å². The van der Waals surface area contributed by atoms with Crippen molar-refractivity contribution in [1.29, 1.82) is 0 Å². The number of hydrogen-bond acceptors (Lipinski definition) is 2. The Kier molecular flexibility index (Phi) is 5.20. The Hall–Kier alpha value is 0.01000. The van der Waals surface area contributed by atoms with Crippen LogP contribution in [-0.4, -0.2) is 18.1 Å².